The fourth-order valence-corrected chi connectivity index (χ4v) is 7.51. The van der Waals surface area contributed by atoms with E-state index in [9.17, 15) is 28.8 Å². The van der Waals surface area contributed by atoms with Crippen LogP contribution in [-0.2, 0) is 35.2 Å². The van der Waals surface area contributed by atoms with Crippen molar-refractivity contribution in [2.24, 2.45) is 0 Å². The number of carbonyl (C=O) groups is 6. The molecule has 3 aliphatic rings. The highest BCUT2D eigenvalue weighted by molar-refractivity contribution is 6.29. The van der Waals surface area contributed by atoms with Crippen molar-refractivity contribution >= 4 is 52.5 Å². The average molecular weight is 834 g/mol. The Morgan fingerprint density at radius 2 is 0.683 bits per heavy atom. The van der Waals surface area contributed by atoms with Crippen LogP contribution >= 0.6 is 0 Å². The Labute approximate surface area is 361 Å². The molecule has 3 heterocycles. The maximum Gasteiger partial charge on any atom is 0.258 e. The molecule has 6 aromatic rings. The summed E-state index contributed by atoms with van der Waals surface area (Å²) < 4.78 is 18.4. The third-order valence-corrected chi connectivity index (χ3v) is 10.6. The van der Waals surface area contributed by atoms with Crippen molar-refractivity contribution in [3.8, 4) is 34.5 Å². The van der Waals surface area contributed by atoms with Gasteiger partial charge >= 0.3 is 0 Å². The Kier molecular flexibility index (Phi) is 10.8. The van der Waals surface area contributed by atoms with E-state index in [-0.39, 0.29) is 17.7 Å². The molecular weight excluding hydrogens is 799 g/mol. The minimum atomic E-state index is -0.408. The van der Waals surface area contributed by atoms with Gasteiger partial charge in [-0.2, -0.15) is 0 Å². The molecule has 0 fully saturated rings. The molecule has 63 heavy (non-hydrogen) atoms. The summed E-state index contributed by atoms with van der Waals surface area (Å²) in [6.45, 7) is 0. The first-order valence-corrected chi connectivity index (χ1v) is 20.0. The highest BCUT2D eigenvalue weighted by atomic mass is 16.5. The second-order valence-electron chi connectivity index (χ2n) is 14.7. The van der Waals surface area contributed by atoms with E-state index in [4.69, 9.17) is 14.2 Å². The molecule has 0 atom stereocenters. The van der Waals surface area contributed by atoms with Crippen molar-refractivity contribution in [1.82, 2.24) is 0 Å². The topological polar surface area (TPSA) is 140 Å². The molecule has 0 saturated carbocycles. The number of amides is 6. The summed E-state index contributed by atoms with van der Waals surface area (Å²) in [5.41, 5.74) is 4.48. The SMILES string of the molecule is O=C1C=CC(=O)N1c1ccc(Oc2ccc(CCC(c3ccc(Oc4cccc(N5C(=O)C=CC5=O)c4)cc3)c3ccc(Oc4cccc(N5C(=O)C=CC5=O)c4)cc3)cc2)cc1. The van der Waals surface area contributed by atoms with E-state index in [1.807, 2.05) is 72.8 Å². The van der Waals surface area contributed by atoms with Gasteiger partial charge in [0.1, 0.15) is 34.5 Å². The zero-order chi connectivity index (χ0) is 43.5. The molecule has 0 aliphatic carbocycles. The van der Waals surface area contributed by atoms with Crippen LogP contribution < -0.4 is 28.9 Å². The minimum absolute atomic E-state index is 0.0434. The standard InChI is InChI=1S/C51H35N3O9/c55-46-25-26-47(56)52(46)36-14-22-42(23-15-36)61-39-16-7-33(8-17-39)9-24-45(34-10-18-40(19-11-34)62-43-5-1-3-37(31-43)53-48(57)27-28-49(53)58)35-12-20-41(21-13-35)63-44-6-2-4-38(32-44)54-50(59)29-30-51(54)60/h1-8,10-23,25-32,45H,9,24H2. The summed E-state index contributed by atoms with van der Waals surface area (Å²) in [6, 6.07) is 43.8. The second-order valence-corrected chi connectivity index (χ2v) is 14.7. The summed E-state index contributed by atoms with van der Waals surface area (Å²) in [5, 5.41) is 0. The Balaban J connectivity index is 0.907. The number of rotatable bonds is 14. The molecule has 0 aromatic heterocycles. The van der Waals surface area contributed by atoms with Gasteiger partial charge in [-0.25, -0.2) is 14.7 Å². The normalized spacial score (nSPS) is 14.5. The summed E-state index contributed by atoms with van der Waals surface area (Å²) in [7, 11) is 0. The first-order valence-electron chi connectivity index (χ1n) is 20.0. The van der Waals surface area contributed by atoms with E-state index in [0.717, 1.165) is 44.2 Å². The van der Waals surface area contributed by atoms with Gasteiger partial charge in [0.2, 0.25) is 0 Å². The molecule has 0 unspecified atom stereocenters. The summed E-state index contributed by atoms with van der Waals surface area (Å²) >= 11 is 0. The molecule has 12 nitrogen and oxygen atoms in total. The third-order valence-electron chi connectivity index (χ3n) is 10.6. The van der Waals surface area contributed by atoms with E-state index in [2.05, 4.69) is 0 Å². The van der Waals surface area contributed by atoms with Gasteiger partial charge in [0.05, 0.1) is 17.1 Å². The number of imide groups is 3. The number of carbonyl (C=O) groups excluding carboxylic acids is 6. The Morgan fingerprint density at radius 1 is 0.349 bits per heavy atom. The average Bonchev–Trinajstić information content (AvgIpc) is 3.95. The van der Waals surface area contributed by atoms with Crippen LogP contribution in [-0.4, -0.2) is 35.4 Å². The molecule has 0 N–H and O–H groups in total. The van der Waals surface area contributed by atoms with Gasteiger partial charge in [0.25, 0.3) is 35.4 Å². The lowest BCUT2D eigenvalue weighted by Crippen LogP contribution is -2.29. The van der Waals surface area contributed by atoms with Crippen molar-refractivity contribution in [2.75, 3.05) is 14.7 Å². The quantitative estimate of drug-likeness (QED) is 0.0984. The molecule has 6 amide bonds. The molecule has 12 heteroatoms. The van der Waals surface area contributed by atoms with Crippen LogP contribution in [0.1, 0.15) is 29.0 Å². The highest BCUT2D eigenvalue weighted by Gasteiger charge is 2.27. The van der Waals surface area contributed by atoms with E-state index >= 15 is 0 Å². The first kappa shape index (κ1) is 39.8. The van der Waals surface area contributed by atoms with Gasteiger partial charge in [-0.1, -0.05) is 48.5 Å². The van der Waals surface area contributed by atoms with Crippen LogP contribution in [0.3, 0.4) is 0 Å². The number of benzene rings is 6. The molecule has 9 rings (SSSR count). The minimum Gasteiger partial charge on any atom is -0.457 e. The zero-order valence-electron chi connectivity index (χ0n) is 33.3. The fraction of sp³-hybridized carbons (Fsp3) is 0.0588. The molecule has 3 aliphatic heterocycles. The number of hydrogen-bond donors (Lipinski definition) is 0. The van der Waals surface area contributed by atoms with Gasteiger partial charge in [-0.3, -0.25) is 28.8 Å². The number of nitrogens with zero attached hydrogens (tertiary/aromatic N) is 3. The molecule has 6 aromatic carbocycles. The van der Waals surface area contributed by atoms with Gasteiger partial charge in [-0.15, -0.1) is 0 Å². The van der Waals surface area contributed by atoms with Crippen molar-refractivity contribution < 1.29 is 43.0 Å². The van der Waals surface area contributed by atoms with Crippen LogP contribution in [0.15, 0.2) is 182 Å². The number of aryl methyl sites for hydroxylation is 1. The monoisotopic (exact) mass is 833 g/mol. The zero-order valence-corrected chi connectivity index (χ0v) is 33.3. The summed E-state index contributed by atoms with van der Waals surface area (Å²) in [5.74, 6) is 0.834. The van der Waals surface area contributed by atoms with Crippen LogP contribution in [0.25, 0.3) is 0 Å². The number of hydrogen-bond acceptors (Lipinski definition) is 9. The van der Waals surface area contributed by atoms with Crippen LogP contribution in [0.2, 0.25) is 0 Å². The molecular formula is C51H35N3O9. The van der Waals surface area contributed by atoms with Crippen LogP contribution in [0, 0.1) is 0 Å². The second kappa shape index (κ2) is 17.1. The molecule has 0 bridgehead atoms. The van der Waals surface area contributed by atoms with E-state index in [0.29, 0.717) is 51.6 Å². The molecule has 0 saturated heterocycles. The first-order chi connectivity index (χ1) is 30.6. The maximum absolute atomic E-state index is 12.3. The molecule has 0 spiro atoms. The van der Waals surface area contributed by atoms with Gasteiger partial charge in [-0.05, 0) is 114 Å². The lowest BCUT2D eigenvalue weighted by Gasteiger charge is -2.20. The van der Waals surface area contributed by atoms with Gasteiger partial charge in [0.15, 0.2) is 0 Å². The van der Waals surface area contributed by atoms with Gasteiger partial charge < -0.3 is 14.2 Å². The maximum atomic E-state index is 12.3. The lowest BCUT2D eigenvalue weighted by atomic mass is 9.86. The number of anilines is 3. The van der Waals surface area contributed by atoms with Crippen LogP contribution in [0.5, 0.6) is 34.5 Å². The smallest absolute Gasteiger partial charge is 0.258 e. The third kappa shape index (κ3) is 8.68. The molecule has 0 radical (unpaired) electrons. The predicted molar refractivity (Wildman–Crippen MR) is 234 cm³/mol. The predicted octanol–water partition coefficient (Wildman–Crippen LogP) is 9.12. The van der Waals surface area contributed by atoms with Crippen molar-refractivity contribution in [1.29, 1.82) is 0 Å². The van der Waals surface area contributed by atoms with Crippen LogP contribution in [0.4, 0.5) is 17.1 Å². The van der Waals surface area contributed by atoms with Crippen molar-refractivity contribution in [2.45, 2.75) is 18.8 Å². The summed E-state index contributed by atoms with van der Waals surface area (Å²) in [4.78, 5) is 76.4. The summed E-state index contributed by atoms with van der Waals surface area (Å²) in [6.07, 6.45) is 8.91. The fourth-order valence-electron chi connectivity index (χ4n) is 7.51. The number of ether oxygens (including phenoxy) is 3. The van der Waals surface area contributed by atoms with Crippen molar-refractivity contribution in [3.63, 3.8) is 0 Å². The highest BCUT2D eigenvalue weighted by Crippen LogP contribution is 2.36. The largest absolute Gasteiger partial charge is 0.457 e. The van der Waals surface area contributed by atoms with Gasteiger partial charge in [0, 0.05) is 54.5 Å². The Hall–Kier alpha value is -8.64. The van der Waals surface area contributed by atoms with E-state index in [1.165, 1.54) is 36.5 Å². The van der Waals surface area contributed by atoms with E-state index < -0.39 is 23.6 Å². The van der Waals surface area contributed by atoms with E-state index in [1.54, 1.807) is 72.8 Å². The Morgan fingerprint density at radius 3 is 1.08 bits per heavy atom. The molecule has 308 valence electrons. The Bertz CT molecular complexity index is 2700. The lowest BCUT2D eigenvalue weighted by molar-refractivity contribution is -0.121. The van der Waals surface area contributed by atoms with Crippen molar-refractivity contribution in [3.05, 3.63) is 199 Å².